The van der Waals surface area contributed by atoms with Gasteiger partial charge in [0.1, 0.15) is 0 Å². The number of hydrogen-bond acceptors (Lipinski definition) is 2. The molecule has 1 aliphatic carbocycles. The van der Waals surface area contributed by atoms with Crippen molar-refractivity contribution in [3.05, 3.63) is 23.4 Å². The number of allylic oxidation sites excluding steroid dienone is 1. The number of nitrogens with two attached hydrogens (primary N) is 2. The maximum Gasteiger partial charge on any atom is 0.0545 e. The van der Waals surface area contributed by atoms with Gasteiger partial charge in [-0.1, -0.05) is 32.4 Å². The Balaban J connectivity index is 3.00. The van der Waals surface area contributed by atoms with Crippen LogP contribution in [0.3, 0.4) is 0 Å². The van der Waals surface area contributed by atoms with Crippen LogP contribution in [-0.2, 0) is 0 Å². The van der Waals surface area contributed by atoms with Crippen LogP contribution in [-0.4, -0.2) is 5.54 Å². The molecular weight excluding hydrogens is 160 g/mol. The third kappa shape index (κ3) is 1.94. The highest BCUT2D eigenvalue weighted by molar-refractivity contribution is 5.34. The predicted molar refractivity (Wildman–Crippen MR) is 57.0 cm³/mol. The SMILES string of the molecule is CCC1=CC(N)(CC)C=C(N)C1C. The van der Waals surface area contributed by atoms with E-state index in [2.05, 4.69) is 26.8 Å². The average molecular weight is 180 g/mol. The second kappa shape index (κ2) is 3.54. The van der Waals surface area contributed by atoms with E-state index in [1.807, 2.05) is 6.08 Å². The molecule has 0 aromatic heterocycles. The van der Waals surface area contributed by atoms with Crippen LogP contribution in [0.1, 0.15) is 33.6 Å². The summed E-state index contributed by atoms with van der Waals surface area (Å²) in [5.74, 6) is 0.369. The van der Waals surface area contributed by atoms with E-state index in [1.165, 1.54) is 5.57 Å². The highest BCUT2D eigenvalue weighted by Crippen LogP contribution is 2.29. The van der Waals surface area contributed by atoms with Crippen molar-refractivity contribution >= 4 is 0 Å². The minimum atomic E-state index is -0.304. The van der Waals surface area contributed by atoms with Gasteiger partial charge in [0.25, 0.3) is 0 Å². The topological polar surface area (TPSA) is 52.0 Å². The van der Waals surface area contributed by atoms with E-state index >= 15 is 0 Å². The maximum absolute atomic E-state index is 6.14. The zero-order valence-corrected chi connectivity index (χ0v) is 8.80. The van der Waals surface area contributed by atoms with Crippen LogP contribution >= 0.6 is 0 Å². The van der Waals surface area contributed by atoms with Crippen molar-refractivity contribution < 1.29 is 0 Å². The zero-order chi connectivity index (χ0) is 10.1. The first-order valence-electron chi connectivity index (χ1n) is 5.01. The molecule has 0 radical (unpaired) electrons. The third-order valence-electron chi connectivity index (χ3n) is 2.97. The molecule has 2 heteroatoms. The van der Waals surface area contributed by atoms with Gasteiger partial charge < -0.3 is 11.5 Å². The lowest BCUT2D eigenvalue weighted by atomic mass is 9.81. The Morgan fingerprint density at radius 3 is 2.46 bits per heavy atom. The van der Waals surface area contributed by atoms with E-state index < -0.39 is 0 Å². The van der Waals surface area contributed by atoms with Gasteiger partial charge in [-0.2, -0.15) is 0 Å². The van der Waals surface area contributed by atoms with Gasteiger partial charge in [-0.15, -0.1) is 0 Å². The van der Waals surface area contributed by atoms with E-state index in [0.29, 0.717) is 5.92 Å². The molecule has 2 unspecified atom stereocenters. The third-order valence-corrected chi connectivity index (χ3v) is 2.97. The van der Waals surface area contributed by atoms with Crippen molar-refractivity contribution in [2.45, 2.75) is 39.2 Å². The number of hydrogen-bond donors (Lipinski definition) is 2. The van der Waals surface area contributed by atoms with Crippen LogP contribution in [0, 0.1) is 5.92 Å². The molecule has 0 saturated carbocycles. The Labute approximate surface area is 80.7 Å². The normalized spacial score (nSPS) is 34.0. The van der Waals surface area contributed by atoms with Crippen LogP contribution in [0.25, 0.3) is 0 Å². The summed E-state index contributed by atoms with van der Waals surface area (Å²) in [6.45, 7) is 6.37. The first-order valence-corrected chi connectivity index (χ1v) is 5.01. The van der Waals surface area contributed by atoms with Crippen molar-refractivity contribution in [1.82, 2.24) is 0 Å². The average Bonchev–Trinajstić information content (AvgIpc) is 2.11. The Morgan fingerprint density at radius 1 is 1.38 bits per heavy atom. The minimum absolute atomic E-state index is 0.304. The Kier molecular flexibility index (Phi) is 2.81. The first kappa shape index (κ1) is 10.3. The van der Waals surface area contributed by atoms with E-state index in [0.717, 1.165) is 18.5 Å². The Hall–Kier alpha value is -0.760. The minimum Gasteiger partial charge on any atom is -0.402 e. The van der Waals surface area contributed by atoms with Gasteiger partial charge in [0.05, 0.1) is 5.54 Å². The highest BCUT2D eigenvalue weighted by Gasteiger charge is 2.26. The van der Waals surface area contributed by atoms with Gasteiger partial charge in [-0.25, -0.2) is 0 Å². The van der Waals surface area contributed by atoms with Crippen molar-refractivity contribution in [2.75, 3.05) is 0 Å². The molecule has 0 fully saturated rings. The first-order chi connectivity index (χ1) is 6.02. The molecule has 0 spiro atoms. The van der Waals surface area contributed by atoms with Crippen LogP contribution in [0.5, 0.6) is 0 Å². The van der Waals surface area contributed by atoms with Crippen LogP contribution < -0.4 is 11.5 Å². The van der Waals surface area contributed by atoms with Crippen molar-refractivity contribution in [2.24, 2.45) is 17.4 Å². The lowest BCUT2D eigenvalue weighted by Gasteiger charge is -2.31. The van der Waals surface area contributed by atoms with Gasteiger partial charge in [0, 0.05) is 11.6 Å². The quantitative estimate of drug-likeness (QED) is 0.638. The van der Waals surface area contributed by atoms with Gasteiger partial charge in [0.15, 0.2) is 0 Å². The summed E-state index contributed by atoms with van der Waals surface area (Å²) in [7, 11) is 0. The molecule has 1 rings (SSSR count). The van der Waals surface area contributed by atoms with Gasteiger partial charge in [0.2, 0.25) is 0 Å². The van der Waals surface area contributed by atoms with Crippen LogP contribution in [0.15, 0.2) is 23.4 Å². The summed E-state index contributed by atoms with van der Waals surface area (Å²) in [5, 5.41) is 0. The lowest BCUT2D eigenvalue weighted by molar-refractivity contribution is 0.572. The van der Waals surface area contributed by atoms with Gasteiger partial charge >= 0.3 is 0 Å². The Bertz CT molecular complexity index is 253. The van der Waals surface area contributed by atoms with E-state index in [4.69, 9.17) is 11.5 Å². The van der Waals surface area contributed by atoms with Crippen LogP contribution in [0.2, 0.25) is 0 Å². The fraction of sp³-hybridized carbons (Fsp3) is 0.636. The second-order valence-electron chi connectivity index (χ2n) is 3.90. The molecule has 0 aliphatic heterocycles. The van der Waals surface area contributed by atoms with Gasteiger partial charge in [-0.3, -0.25) is 0 Å². The maximum atomic E-state index is 6.14. The summed E-state index contributed by atoms with van der Waals surface area (Å²) in [5.41, 5.74) is 14.1. The fourth-order valence-corrected chi connectivity index (χ4v) is 1.77. The molecule has 4 N–H and O–H groups in total. The summed E-state index contributed by atoms with van der Waals surface area (Å²) in [6, 6.07) is 0. The van der Waals surface area contributed by atoms with Crippen molar-refractivity contribution in [3.8, 4) is 0 Å². The monoisotopic (exact) mass is 180 g/mol. The summed E-state index contributed by atoms with van der Waals surface area (Å²) in [4.78, 5) is 0. The van der Waals surface area contributed by atoms with E-state index in [9.17, 15) is 0 Å². The molecule has 0 aromatic carbocycles. The molecule has 0 bridgehead atoms. The molecule has 0 heterocycles. The number of rotatable bonds is 2. The van der Waals surface area contributed by atoms with Crippen LogP contribution in [0.4, 0.5) is 0 Å². The highest BCUT2D eigenvalue weighted by atomic mass is 14.7. The lowest BCUT2D eigenvalue weighted by Crippen LogP contribution is -2.39. The molecule has 0 amide bonds. The Morgan fingerprint density at radius 2 is 2.00 bits per heavy atom. The van der Waals surface area contributed by atoms with Crippen molar-refractivity contribution in [1.29, 1.82) is 0 Å². The van der Waals surface area contributed by atoms with Crippen molar-refractivity contribution in [3.63, 3.8) is 0 Å². The second-order valence-corrected chi connectivity index (χ2v) is 3.90. The standard InChI is InChI=1S/C11H20N2/c1-4-9-6-11(13,5-2)7-10(12)8(9)3/h6-8H,4-5,12-13H2,1-3H3. The summed E-state index contributed by atoms with van der Waals surface area (Å²) in [6.07, 6.45) is 6.11. The molecule has 2 nitrogen and oxygen atoms in total. The molecular formula is C11H20N2. The predicted octanol–water partition coefficient (Wildman–Crippen LogP) is 1.92. The molecule has 0 aromatic rings. The smallest absolute Gasteiger partial charge is 0.0545 e. The summed E-state index contributed by atoms with van der Waals surface area (Å²) >= 11 is 0. The summed E-state index contributed by atoms with van der Waals surface area (Å²) < 4.78 is 0. The molecule has 1 aliphatic rings. The zero-order valence-electron chi connectivity index (χ0n) is 8.80. The molecule has 2 atom stereocenters. The van der Waals surface area contributed by atoms with E-state index in [1.54, 1.807) is 0 Å². The van der Waals surface area contributed by atoms with E-state index in [-0.39, 0.29) is 5.54 Å². The molecule has 13 heavy (non-hydrogen) atoms. The fourth-order valence-electron chi connectivity index (χ4n) is 1.77. The molecule has 0 saturated heterocycles. The molecule has 74 valence electrons. The van der Waals surface area contributed by atoms with Gasteiger partial charge in [-0.05, 0) is 18.9 Å². The largest absolute Gasteiger partial charge is 0.402 e.